The van der Waals surface area contributed by atoms with Gasteiger partial charge in [-0.1, -0.05) is 31.2 Å². The zero-order valence-corrected chi connectivity index (χ0v) is 13.4. The van der Waals surface area contributed by atoms with E-state index in [1.807, 2.05) is 19.1 Å². The molecule has 0 saturated carbocycles. The zero-order valence-electron chi connectivity index (χ0n) is 12.6. The number of carbonyl (C=O) groups is 1. The van der Waals surface area contributed by atoms with Crippen LogP contribution in [-0.4, -0.2) is 25.8 Å². The first kappa shape index (κ1) is 16.0. The van der Waals surface area contributed by atoms with Crippen molar-refractivity contribution in [3.05, 3.63) is 35.4 Å². The number of hydrogen-bond acceptors (Lipinski definition) is 3. The molecule has 1 saturated heterocycles. The SMILES string of the molecule is CCc1ccc(C(C)NC(=O)CC2CCS(=O)(=O)C2)cc1. The first-order valence-corrected chi connectivity index (χ1v) is 9.30. The van der Waals surface area contributed by atoms with E-state index in [0.29, 0.717) is 12.8 Å². The Bertz CT molecular complexity index is 592. The minimum Gasteiger partial charge on any atom is -0.350 e. The van der Waals surface area contributed by atoms with Crippen molar-refractivity contribution in [2.24, 2.45) is 5.92 Å². The van der Waals surface area contributed by atoms with Crippen LogP contribution < -0.4 is 5.32 Å². The first-order chi connectivity index (χ1) is 9.89. The minimum absolute atomic E-state index is 0.0235. The van der Waals surface area contributed by atoms with Crippen molar-refractivity contribution >= 4 is 15.7 Å². The van der Waals surface area contributed by atoms with Crippen LogP contribution in [0.2, 0.25) is 0 Å². The Morgan fingerprint density at radius 1 is 1.33 bits per heavy atom. The lowest BCUT2D eigenvalue weighted by molar-refractivity contribution is -0.122. The van der Waals surface area contributed by atoms with Gasteiger partial charge >= 0.3 is 0 Å². The molecule has 0 radical (unpaired) electrons. The number of amides is 1. The monoisotopic (exact) mass is 309 g/mol. The predicted molar refractivity (Wildman–Crippen MR) is 83.8 cm³/mol. The number of benzene rings is 1. The highest BCUT2D eigenvalue weighted by atomic mass is 32.2. The predicted octanol–water partition coefficient (Wildman–Crippen LogP) is 2.25. The van der Waals surface area contributed by atoms with Gasteiger partial charge in [-0.2, -0.15) is 0 Å². The molecule has 1 aromatic rings. The van der Waals surface area contributed by atoms with Crippen LogP contribution in [-0.2, 0) is 21.1 Å². The molecule has 5 heteroatoms. The average Bonchev–Trinajstić information content (AvgIpc) is 2.77. The Kier molecular flexibility index (Phi) is 5.04. The zero-order chi connectivity index (χ0) is 15.5. The van der Waals surface area contributed by atoms with E-state index < -0.39 is 9.84 Å². The van der Waals surface area contributed by atoms with Gasteiger partial charge in [-0.25, -0.2) is 8.42 Å². The summed E-state index contributed by atoms with van der Waals surface area (Å²) in [5.74, 6) is 0.285. The van der Waals surface area contributed by atoms with Crippen LogP contribution >= 0.6 is 0 Å². The highest BCUT2D eigenvalue weighted by Gasteiger charge is 2.29. The van der Waals surface area contributed by atoms with Crippen molar-refractivity contribution in [2.45, 2.75) is 39.2 Å². The molecule has 1 aromatic carbocycles. The Morgan fingerprint density at radius 2 is 2.00 bits per heavy atom. The Morgan fingerprint density at radius 3 is 2.52 bits per heavy atom. The van der Waals surface area contributed by atoms with E-state index in [1.54, 1.807) is 0 Å². The van der Waals surface area contributed by atoms with Gasteiger partial charge in [-0.3, -0.25) is 4.79 Å². The summed E-state index contributed by atoms with van der Waals surface area (Å²) in [7, 11) is -2.91. The van der Waals surface area contributed by atoms with Crippen LogP contribution in [0.1, 0.15) is 43.9 Å². The minimum atomic E-state index is -2.91. The normalized spacial score (nSPS) is 21.9. The Balaban J connectivity index is 1.87. The van der Waals surface area contributed by atoms with E-state index in [9.17, 15) is 13.2 Å². The van der Waals surface area contributed by atoms with Crippen LogP contribution in [0.25, 0.3) is 0 Å². The summed E-state index contributed by atoms with van der Waals surface area (Å²) in [6, 6.07) is 8.15. The summed E-state index contributed by atoms with van der Waals surface area (Å²) in [6.07, 6.45) is 1.91. The van der Waals surface area contributed by atoms with E-state index in [0.717, 1.165) is 12.0 Å². The summed E-state index contributed by atoms with van der Waals surface area (Å²) in [5.41, 5.74) is 2.34. The fourth-order valence-electron chi connectivity index (χ4n) is 2.72. The lowest BCUT2D eigenvalue weighted by Crippen LogP contribution is -2.28. The van der Waals surface area contributed by atoms with Gasteiger partial charge in [0.15, 0.2) is 9.84 Å². The maximum atomic E-state index is 12.0. The number of nitrogens with one attached hydrogen (secondary N) is 1. The molecule has 4 nitrogen and oxygen atoms in total. The maximum Gasteiger partial charge on any atom is 0.220 e. The molecule has 0 spiro atoms. The third kappa shape index (κ3) is 4.56. The van der Waals surface area contributed by atoms with E-state index >= 15 is 0 Å². The first-order valence-electron chi connectivity index (χ1n) is 7.48. The van der Waals surface area contributed by atoms with Gasteiger partial charge in [0.25, 0.3) is 0 Å². The van der Waals surface area contributed by atoms with Crippen molar-refractivity contribution < 1.29 is 13.2 Å². The molecule has 1 aliphatic heterocycles. The smallest absolute Gasteiger partial charge is 0.220 e. The number of sulfone groups is 1. The highest BCUT2D eigenvalue weighted by Crippen LogP contribution is 2.22. The summed E-state index contributed by atoms with van der Waals surface area (Å²) in [5, 5.41) is 2.95. The molecular weight excluding hydrogens is 286 g/mol. The lowest BCUT2D eigenvalue weighted by atomic mass is 10.0. The molecule has 2 atom stereocenters. The van der Waals surface area contributed by atoms with Crippen molar-refractivity contribution in [3.63, 3.8) is 0 Å². The summed E-state index contributed by atoms with van der Waals surface area (Å²) < 4.78 is 22.8. The Labute approximate surface area is 126 Å². The average molecular weight is 309 g/mol. The fraction of sp³-hybridized carbons (Fsp3) is 0.562. The van der Waals surface area contributed by atoms with Crippen LogP contribution in [0.5, 0.6) is 0 Å². The molecule has 1 heterocycles. The van der Waals surface area contributed by atoms with Gasteiger partial charge in [0.2, 0.25) is 5.91 Å². The second-order valence-electron chi connectivity index (χ2n) is 5.86. The molecule has 0 aromatic heterocycles. The molecule has 0 bridgehead atoms. The van der Waals surface area contributed by atoms with Crippen LogP contribution in [0.15, 0.2) is 24.3 Å². The van der Waals surface area contributed by atoms with Gasteiger partial charge in [-0.05, 0) is 36.8 Å². The largest absolute Gasteiger partial charge is 0.350 e. The van der Waals surface area contributed by atoms with Crippen LogP contribution in [0.4, 0.5) is 0 Å². The van der Waals surface area contributed by atoms with E-state index in [2.05, 4.69) is 24.4 Å². The molecule has 1 N–H and O–H groups in total. The van der Waals surface area contributed by atoms with Crippen molar-refractivity contribution in [3.8, 4) is 0 Å². The lowest BCUT2D eigenvalue weighted by Gasteiger charge is -2.16. The fourth-order valence-corrected chi connectivity index (χ4v) is 4.58. The quantitative estimate of drug-likeness (QED) is 0.907. The van der Waals surface area contributed by atoms with Crippen LogP contribution in [0, 0.1) is 5.92 Å². The van der Waals surface area contributed by atoms with E-state index in [4.69, 9.17) is 0 Å². The maximum absolute atomic E-state index is 12.0. The molecule has 1 fully saturated rings. The Hall–Kier alpha value is -1.36. The van der Waals surface area contributed by atoms with Gasteiger partial charge in [0, 0.05) is 6.42 Å². The van der Waals surface area contributed by atoms with Crippen molar-refractivity contribution in [1.29, 1.82) is 0 Å². The summed E-state index contributed by atoms with van der Waals surface area (Å²) in [6.45, 7) is 4.06. The highest BCUT2D eigenvalue weighted by molar-refractivity contribution is 7.91. The number of rotatable bonds is 5. The number of aryl methyl sites for hydroxylation is 1. The molecule has 2 rings (SSSR count). The molecule has 21 heavy (non-hydrogen) atoms. The second kappa shape index (κ2) is 6.60. The van der Waals surface area contributed by atoms with Crippen molar-refractivity contribution in [2.75, 3.05) is 11.5 Å². The van der Waals surface area contributed by atoms with E-state index in [-0.39, 0.29) is 29.4 Å². The molecule has 0 aliphatic carbocycles. The van der Waals surface area contributed by atoms with Gasteiger partial charge in [0.05, 0.1) is 17.5 Å². The van der Waals surface area contributed by atoms with Crippen LogP contribution in [0.3, 0.4) is 0 Å². The number of hydrogen-bond donors (Lipinski definition) is 1. The van der Waals surface area contributed by atoms with Crippen molar-refractivity contribution in [1.82, 2.24) is 5.32 Å². The number of carbonyl (C=O) groups excluding carboxylic acids is 1. The van der Waals surface area contributed by atoms with E-state index in [1.165, 1.54) is 5.56 Å². The van der Waals surface area contributed by atoms with Gasteiger partial charge in [-0.15, -0.1) is 0 Å². The summed E-state index contributed by atoms with van der Waals surface area (Å²) >= 11 is 0. The van der Waals surface area contributed by atoms with Gasteiger partial charge < -0.3 is 5.32 Å². The molecule has 1 amide bonds. The molecule has 2 unspecified atom stereocenters. The third-order valence-corrected chi connectivity index (χ3v) is 5.90. The standard InChI is InChI=1S/C16H23NO3S/c1-3-13-4-6-15(7-5-13)12(2)17-16(18)10-14-8-9-21(19,20)11-14/h4-7,12,14H,3,8-11H2,1-2H3,(H,17,18). The summed E-state index contributed by atoms with van der Waals surface area (Å²) in [4.78, 5) is 12.0. The molecule has 116 valence electrons. The molecular formula is C16H23NO3S. The van der Waals surface area contributed by atoms with Gasteiger partial charge in [0.1, 0.15) is 0 Å². The topological polar surface area (TPSA) is 63.2 Å². The second-order valence-corrected chi connectivity index (χ2v) is 8.09. The molecule has 1 aliphatic rings. The third-order valence-electron chi connectivity index (χ3n) is 4.07.